The van der Waals surface area contributed by atoms with Crippen LogP contribution < -0.4 is 10.0 Å². The molecule has 5 atom stereocenters. The van der Waals surface area contributed by atoms with Gasteiger partial charge in [-0.2, -0.15) is 0 Å². The van der Waals surface area contributed by atoms with Crippen molar-refractivity contribution in [2.24, 2.45) is 0 Å². The Morgan fingerprint density at radius 1 is 1.12 bits per heavy atom. The van der Waals surface area contributed by atoms with E-state index in [-0.39, 0.29) is 14.9 Å². The van der Waals surface area contributed by atoms with Crippen LogP contribution in [0.2, 0.25) is 10.0 Å². The number of benzene rings is 1. The number of nitrogens with one attached hydrogen (secondary N) is 2. The molecule has 0 radical (unpaired) electrons. The van der Waals surface area contributed by atoms with Crippen LogP contribution in [0.1, 0.15) is 32.1 Å². The molecule has 5 unspecified atom stereocenters. The molecule has 1 aromatic carbocycles. The van der Waals surface area contributed by atoms with Gasteiger partial charge in [0.1, 0.15) is 29.2 Å². The number of hydrogen-bond acceptors (Lipinski definition) is 7. The Morgan fingerprint density at radius 3 is 2.50 bits per heavy atom. The smallest absolute Gasteiger partial charge is 0.244 e. The molecule has 2 aliphatic rings. The molecule has 0 bridgehead atoms. The second-order valence-electron chi connectivity index (χ2n) is 7.85. The van der Waals surface area contributed by atoms with E-state index in [1.54, 1.807) is 0 Å². The van der Waals surface area contributed by atoms with Crippen molar-refractivity contribution in [1.82, 2.24) is 10.0 Å². The number of rotatable bonds is 6. The Kier molecular flexibility index (Phi) is 8.56. The minimum Gasteiger partial charge on any atom is -0.388 e. The summed E-state index contributed by atoms with van der Waals surface area (Å²) in [5.74, 6) is -0.504. The zero-order valence-electron chi connectivity index (χ0n) is 17.1. The van der Waals surface area contributed by atoms with Crippen LogP contribution in [0.25, 0.3) is 0 Å². The van der Waals surface area contributed by atoms with Gasteiger partial charge in [0.25, 0.3) is 0 Å². The molecule has 5 N–H and O–H groups in total. The summed E-state index contributed by atoms with van der Waals surface area (Å²) in [6.45, 7) is -0.467. The number of amides is 1. The first kappa shape index (κ1) is 25.4. The highest BCUT2D eigenvalue weighted by Gasteiger charge is 2.44. The van der Waals surface area contributed by atoms with Gasteiger partial charge in [0.15, 0.2) is 6.29 Å². The molecule has 9 nitrogen and oxygen atoms in total. The molecule has 12 heteroatoms. The molecule has 1 aromatic rings. The van der Waals surface area contributed by atoms with E-state index >= 15 is 0 Å². The molecule has 32 heavy (non-hydrogen) atoms. The summed E-state index contributed by atoms with van der Waals surface area (Å²) < 4.78 is 32.6. The summed E-state index contributed by atoms with van der Waals surface area (Å²) in [6, 6.07) is 2.82. The Balaban J connectivity index is 1.61. The van der Waals surface area contributed by atoms with Crippen LogP contribution >= 0.6 is 23.2 Å². The molecule has 1 saturated heterocycles. The second-order valence-corrected chi connectivity index (χ2v) is 10.4. The largest absolute Gasteiger partial charge is 0.388 e. The summed E-state index contributed by atoms with van der Waals surface area (Å²) in [7, 11) is -4.12. The van der Waals surface area contributed by atoms with E-state index in [1.165, 1.54) is 24.3 Å². The topological polar surface area (TPSA) is 145 Å². The predicted molar refractivity (Wildman–Crippen MR) is 118 cm³/mol. The fourth-order valence-electron chi connectivity index (χ4n) is 3.77. The van der Waals surface area contributed by atoms with Gasteiger partial charge >= 0.3 is 0 Å². The maximum Gasteiger partial charge on any atom is 0.244 e. The minimum absolute atomic E-state index is 0.0520. The summed E-state index contributed by atoms with van der Waals surface area (Å²) in [6.07, 6.45) is 0.112. The van der Waals surface area contributed by atoms with Gasteiger partial charge in [-0.25, -0.2) is 13.1 Å². The molecule has 0 spiro atoms. The average molecular weight is 509 g/mol. The van der Waals surface area contributed by atoms with E-state index in [0.29, 0.717) is 0 Å². The summed E-state index contributed by atoms with van der Waals surface area (Å²) >= 11 is 11.8. The molecule has 178 valence electrons. The van der Waals surface area contributed by atoms with Gasteiger partial charge in [0, 0.05) is 12.6 Å². The third-order valence-electron chi connectivity index (χ3n) is 5.54. The number of sulfonamides is 1. The van der Waals surface area contributed by atoms with E-state index in [4.69, 9.17) is 27.9 Å². The lowest BCUT2D eigenvalue weighted by molar-refractivity contribution is -0.244. The molecular weight excluding hydrogens is 483 g/mol. The van der Waals surface area contributed by atoms with Crippen LogP contribution in [-0.4, -0.2) is 66.8 Å². The first-order valence-electron chi connectivity index (χ1n) is 10.2. The third kappa shape index (κ3) is 6.00. The van der Waals surface area contributed by atoms with Gasteiger partial charge in [0.2, 0.25) is 15.9 Å². The van der Waals surface area contributed by atoms with Crippen molar-refractivity contribution >= 4 is 39.1 Å². The quantitative estimate of drug-likeness (QED) is 0.361. The first-order chi connectivity index (χ1) is 15.1. The highest BCUT2D eigenvalue weighted by atomic mass is 35.5. The van der Waals surface area contributed by atoms with Crippen molar-refractivity contribution in [1.29, 1.82) is 0 Å². The molecular formula is C20H26Cl2N2O7S. The van der Waals surface area contributed by atoms with Gasteiger partial charge in [-0.3, -0.25) is 4.79 Å². The summed E-state index contributed by atoms with van der Waals surface area (Å²) in [4.78, 5) is 12.0. The third-order valence-corrected chi connectivity index (χ3v) is 7.94. The second kappa shape index (κ2) is 10.8. The number of hydrogen-bond donors (Lipinski definition) is 5. The lowest BCUT2D eigenvalue weighted by Crippen LogP contribution is -2.64. The van der Waals surface area contributed by atoms with Gasteiger partial charge in [-0.15, -0.1) is 0 Å². The number of allylic oxidation sites excluding steroid dienone is 1. The van der Waals surface area contributed by atoms with Crippen molar-refractivity contribution in [2.45, 2.75) is 67.6 Å². The van der Waals surface area contributed by atoms with E-state index in [9.17, 15) is 28.5 Å². The molecule has 1 amide bonds. The molecule has 0 aromatic heterocycles. The Labute approximate surface area is 196 Å². The summed E-state index contributed by atoms with van der Waals surface area (Å²) in [5.41, 5.74) is 0.988. The first-order valence-corrected chi connectivity index (χ1v) is 12.5. The van der Waals surface area contributed by atoms with Crippen molar-refractivity contribution < 1.29 is 33.3 Å². The predicted octanol–water partition coefficient (Wildman–Crippen LogP) is 1.09. The van der Waals surface area contributed by atoms with Gasteiger partial charge in [-0.05, 0) is 37.8 Å². The number of aliphatic hydroxyl groups excluding tert-OH is 3. The monoisotopic (exact) mass is 508 g/mol. The number of aliphatic hydroxyl groups is 3. The normalized spacial score (nSPS) is 28.9. The van der Waals surface area contributed by atoms with Crippen LogP contribution in [0.15, 0.2) is 34.7 Å². The van der Waals surface area contributed by atoms with Crippen LogP contribution in [-0.2, 0) is 19.6 Å². The minimum atomic E-state index is -4.12. The van der Waals surface area contributed by atoms with Crippen molar-refractivity contribution in [3.05, 3.63) is 39.9 Å². The van der Waals surface area contributed by atoms with Crippen molar-refractivity contribution in [3.63, 3.8) is 0 Å². The fraction of sp³-hybridized carbons (Fsp3) is 0.550. The van der Waals surface area contributed by atoms with Gasteiger partial charge in [-0.1, -0.05) is 41.3 Å². The average Bonchev–Trinajstić information content (AvgIpc) is 2.75. The Bertz CT molecular complexity index is 965. The molecule has 3 rings (SSSR count). The molecule has 2 fully saturated rings. The summed E-state index contributed by atoms with van der Waals surface area (Å²) in [5, 5.41) is 33.4. The molecule has 1 aliphatic heterocycles. The van der Waals surface area contributed by atoms with Gasteiger partial charge in [0.05, 0.1) is 10.0 Å². The van der Waals surface area contributed by atoms with Crippen molar-refractivity contribution in [3.8, 4) is 0 Å². The molecule has 1 saturated carbocycles. The number of halogens is 2. The zero-order valence-corrected chi connectivity index (χ0v) is 19.4. The van der Waals surface area contributed by atoms with E-state index < -0.39 is 53.1 Å². The standard InChI is InChI=1S/C20H26Cl2N2O7S/c21-12-7-4-8-14(16(12)22)32(29,30)23-10-13-18(26)19(27)17(20(28)31-13)24-15(25)9-11-5-2-1-3-6-11/h4,7-9,13,17-20,23,26-28H,1-3,5-6,10H2,(H,24,25). The lowest BCUT2D eigenvalue weighted by Gasteiger charge is -2.40. The zero-order chi connectivity index (χ0) is 23.5. The van der Waals surface area contributed by atoms with Crippen LogP contribution in [0, 0.1) is 0 Å². The molecule has 1 aliphatic carbocycles. The molecule has 1 heterocycles. The SMILES string of the molecule is O=C(C=C1CCCCC1)NC1C(O)OC(CNS(=O)(=O)c2cccc(Cl)c2Cl)C(O)C1O. The number of ether oxygens (including phenoxy) is 1. The van der Waals surface area contributed by atoms with Gasteiger partial charge < -0.3 is 25.4 Å². The highest BCUT2D eigenvalue weighted by molar-refractivity contribution is 7.89. The van der Waals surface area contributed by atoms with Crippen LogP contribution in [0.3, 0.4) is 0 Å². The maximum atomic E-state index is 12.5. The van der Waals surface area contributed by atoms with E-state index in [0.717, 1.165) is 37.7 Å². The van der Waals surface area contributed by atoms with E-state index in [2.05, 4.69) is 10.0 Å². The van der Waals surface area contributed by atoms with Crippen molar-refractivity contribution in [2.75, 3.05) is 6.54 Å². The Hall–Kier alpha value is -1.24. The maximum absolute atomic E-state index is 12.5. The van der Waals surface area contributed by atoms with E-state index in [1.807, 2.05) is 0 Å². The number of carbonyl (C=O) groups is 1. The highest BCUT2D eigenvalue weighted by Crippen LogP contribution is 2.29. The lowest BCUT2D eigenvalue weighted by atomic mass is 9.94. The van der Waals surface area contributed by atoms with Crippen LogP contribution in [0.5, 0.6) is 0 Å². The fourth-order valence-corrected chi connectivity index (χ4v) is 5.58. The number of carbonyl (C=O) groups excluding carboxylic acids is 1. The Morgan fingerprint density at radius 2 is 1.81 bits per heavy atom. The van der Waals surface area contributed by atoms with Crippen LogP contribution in [0.4, 0.5) is 0 Å².